The van der Waals surface area contributed by atoms with Gasteiger partial charge in [0.05, 0.1) is 0 Å². The van der Waals surface area contributed by atoms with Gasteiger partial charge in [-0.3, -0.25) is 0 Å². The second kappa shape index (κ2) is 4.65. The Balaban J connectivity index is 2.58. The van der Waals surface area contributed by atoms with E-state index in [1.54, 1.807) is 0 Å². The summed E-state index contributed by atoms with van der Waals surface area (Å²) < 4.78 is 0. The molecule has 0 saturated carbocycles. The van der Waals surface area contributed by atoms with E-state index >= 15 is 0 Å². The lowest BCUT2D eigenvalue weighted by atomic mass is 10.3. The molecule has 1 aromatic rings. The molecular formula is C10H16N2. The zero-order valence-corrected chi connectivity index (χ0v) is 7.72. The molecule has 0 unspecified atom stereocenters. The molecule has 12 heavy (non-hydrogen) atoms. The van der Waals surface area contributed by atoms with Crippen LogP contribution in [-0.4, -0.2) is 13.1 Å². The van der Waals surface area contributed by atoms with Crippen molar-refractivity contribution < 1.29 is 0 Å². The zero-order chi connectivity index (χ0) is 8.81. The van der Waals surface area contributed by atoms with Gasteiger partial charge in [0.1, 0.15) is 0 Å². The monoisotopic (exact) mass is 164 g/mol. The van der Waals surface area contributed by atoms with Crippen LogP contribution in [0, 0.1) is 0 Å². The van der Waals surface area contributed by atoms with Crippen LogP contribution in [0.3, 0.4) is 0 Å². The highest BCUT2D eigenvalue weighted by Crippen LogP contribution is 2.12. The summed E-state index contributed by atoms with van der Waals surface area (Å²) in [7, 11) is 0. The third-order valence-electron chi connectivity index (χ3n) is 1.65. The highest BCUT2D eigenvalue weighted by molar-refractivity contribution is 5.53. The molecule has 1 aromatic carbocycles. The van der Waals surface area contributed by atoms with Gasteiger partial charge in [0.2, 0.25) is 0 Å². The van der Waals surface area contributed by atoms with Crippen molar-refractivity contribution in [3.05, 3.63) is 24.3 Å². The molecule has 0 radical (unpaired) electrons. The Bertz CT molecular complexity index is 191. The molecule has 0 aliphatic heterocycles. The van der Waals surface area contributed by atoms with E-state index in [1.807, 2.05) is 0 Å². The van der Waals surface area contributed by atoms with Crippen molar-refractivity contribution in [3.8, 4) is 0 Å². The molecule has 2 heteroatoms. The van der Waals surface area contributed by atoms with Gasteiger partial charge in [0.25, 0.3) is 0 Å². The Morgan fingerprint density at radius 1 is 0.833 bits per heavy atom. The molecule has 0 heterocycles. The summed E-state index contributed by atoms with van der Waals surface area (Å²) >= 11 is 0. The van der Waals surface area contributed by atoms with Crippen molar-refractivity contribution in [3.63, 3.8) is 0 Å². The van der Waals surface area contributed by atoms with Crippen molar-refractivity contribution >= 4 is 11.4 Å². The van der Waals surface area contributed by atoms with Crippen LogP contribution in [0.4, 0.5) is 11.4 Å². The number of benzene rings is 1. The van der Waals surface area contributed by atoms with Gasteiger partial charge in [-0.15, -0.1) is 0 Å². The van der Waals surface area contributed by atoms with E-state index in [9.17, 15) is 0 Å². The van der Waals surface area contributed by atoms with E-state index in [-0.39, 0.29) is 0 Å². The molecule has 66 valence electrons. The molecule has 0 fully saturated rings. The first-order chi connectivity index (χ1) is 5.86. The number of hydrogen-bond donors (Lipinski definition) is 2. The van der Waals surface area contributed by atoms with Gasteiger partial charge in [-0.1, -0.05) is 0 Å². The summed E-state index contributed by atoms with van der Waals surface area (Å²) in [6.07, 6.45) is 0. The predicted molar refractivity (Wildman–Crippen MR) is 54.8 cm³/mol. The summed E-state index contributed by atoms with van der Waals surface area (Å²) in [6.45, 7) is 6.14. The SMILES string of the molecule is CCNc1ccc(NCC)cc1. The van der Waals surface area contributed by atoms with E-state index in [0.717, 1.165) is 13.1 Å². The van der Waals surface area contributed by atoms with E-state index in [2.05, 4.69) is 48.7 Å². The average molecular weight is 164 g/mol. The van der Waals surface area contributed by atoms with Gasteiger partial charge in [0.15, 0.2) is 0 Å². The van der Waals surface area contributed by atoms with Crippen molar-refractivity contribution in [2.45, 2.75) is 13.8 Å². The van der Waals surface area contributed by atoms with Gasteiger partial charge >= 0.3 is 0 Å². The summed E-state index contributed by atoms with van der Waals surface area (Å²) in [5.74, 6) is 0. The first-order valence-electron chi connectivity index (χ1n) is 4.44. The Morgan fingerprint density at radius 2 is 1.17 bits per heavy atom. The summed E-state index contributed by atoms with van der Waals surface area (Å²) in [6, 6.07) is 8.34. The maximum Gasteiger partial charge on any atom is 0.0341 e. The number of rotatable bonds is 4. The number of nitrogens with one attached hydrogen (secondary N) is 2. The fourth-order valence-corrected chi connectivity index (χ4v) is 1.11. The molecule has 0 bridgehead atoms. The summed E-state index contributed by atoms with van der Waals surface area (Å²) in [5, 5.41) is 6.50. The third kappa shape index (κ3) is 2.46. The van der Waals surface area contributed by atoms with Gasteiger partial charge in [-0.2, -0.15) is 0 Å². The highest BCUT2D eigenvalue weighted by atomic mass is 14.9. The number of hydrogen-bond acceptors (Lipinski definition) is 2. The minimum absolute atomic E-state index is 0.973. The lowest BCUT2D eigenvalue weighted by Crippen LogP contribution is -1.98. The fourth-order valence-electron chi connectivity index (χ4n) is 1.11. The first kappa shape index (κ1) is 8.91. The van der Waals surface area contributed by atoms with Crippen LogP contribution in [0.25, 0.3) is 0 Å². The Labute approximate surface area is 74.0 Å². The van der Waals surface area contributed by atoms with Crippen LogP contribution in [0.15, 0.2) is 24.3 Å². The van der Waals surface area contributed by atoms with Crippen LogP contribution < -0.4 is 10.6 Å². The van der Waals surface area contributed by atoms with Gasteiger partial charge < -0.3 is 10.6 Å². The van der Waals surface area contributed by atoms with Crippen molar-refractivity contribution in [2.75, 3.05) is 23.7 Å². The lowest BCUT2D eigenvalue weighted by Gasteiger charge is -2.05. The minimum Gasteiger partial charge on any atom is -0.385 e. The average Bonchev–Trinajstić information content (AvgIpc) is 2.09. The van der Waals surface area contributed by atoms with Crippen LogP contribution in [0.1, 0.15) is 13.8 Å². The fraction of sp³-hybridized carbons (Fsp3) is 0.400. The normalized spacial score (nSPS) is 9.50. The molecule has 2 nitrogen and oxygen atoms in total. The first-order valence-corrected chi connectivity index (χ1v) is 4.44. The molecule has 0 atom stereocenters. The van der Waals surface area contributed by atoms with E-state index < -0.39 is 0 Å². The quantitative estimate of drug-likeness (QED) is 0.714. The second-order valence-electron chi connectivity index (χ2n) is 2.64. The van der Waals surface area contributed by atoms with E-state index in [4.69, 9.17) is 0 Å². The predicted octanol–water partition coefficient (Wildman–Crippen LogP) is 2.55. The molecule has 0 aliphatic carbocycles. The molecule has 1 rings (SSSR count). The second-order valence-corrected chi connectivity index (χ2v) is 2.64. The molecule has 0 spiro atoms. The van der Waals surface area contributed by atoms with E-state index in [0.29, 0.717) is 0 Å². The maximum atomic E-state index is 3.25. The molecule has 0 aromatic heterocycles. The van der Waals surface area contributed by atoms with Crippen LogP contribution in [0.5, 0.6) is 0 Å². The van der Waals surface area contributed by atoms with Gasteiger partial charge in [-0.25, -0.2) is 0 Å². The zero-order valence-electron chi connectivity index (χ0n) is 7.72. The third-order valence-corrected chi connectivity index (χ3v) is 1.65. The summed E-state index contributed by atoms with van der Waals surface area (Å²) in [5.41, 5.74) is 2.36. The number of anilines is 2. The smallest absolute Gasteiger partial charge is 0.0341 e. The molecule has 2 N–H and O–H groups in total. The summed E-state index contributed by atoms with van der Waals surface area (Å²) in [4.78, 5) is 0. The standard InChI is InChI=1S/C10H16N2/c1-3-11-9-5-7-10(8-6-9)12-4-2/h5-8,11-12H,3-4H2,1-2H3. The van der Waals surface area contributed by atoms with Crippen molar-refractivity contribution in [1.82, 2.24) is 0 Å². The van der Waals surface area contributed by atoms with E-state index in [1.165, 1.54) is 11.4 Å². The highest BCUT2D eigenvalue weighted by Gasteiger charge is 1.90. The lowest BCUT2D eigenvalue weighted by molar-refractivity contribution is 1.20. The molecule has 0 saturated heterocycles. The van der Waals surface area contributed by atoms with Crippen molar-refractivity contribution in [1.29, 1.82) is 0 Å². The van der Waals surface area contributed by atoms with Crippen LogP contribution in [-0.2, 0) is 0 Å². The van der Waals surface area contributed by atoms with Crippen molar-refractivity contribution in [2.24, 2.45) is 0 Å². The van der Waals surface area contributed by atoms with Crippen LogP contribution >= 0.6 is 0 Å². The Morgan fingerprint density at radius 3 is 1.42 bits per heavy atom. The molecular weight excluding hydrogens is 148 g/mol. The molecule has 0 amide bonds. The minimum atomic E-state index is 0.973. The maximum absolute atomic E-state index is 3.25. The van der Waals surface area contributed by atoms with Gasteiger partial charge in [-0.05, 0) is 38.1 Å². The van der Waals surface area contributed by atoms with Crippen LogP contribution in [0.2, 0.25) is 0 Å². The Kier molecular flexibility index (Phi) is 3.45. The Hall–Kier alpha value is -1.18. The molecule has 0 aliphatic rings. The topological polar surface area (TPSA) is 24.1 Å². The van der Waals surface area contributed by atoms with Gasteiger partial charge in [0, 0.05) is 24.5 Å². The largest absolute Gasteiger partial charge is 0.385 e.